The summed E-state index contributed by atoms with van der Waals surface area (Å²) in [5.74, 6) is 0. The van der Waals surface area contributed by atoms with Crippen LogP contribution in [-0.2, 0) is 16.2 Å². The zero-order valence-corrected chi connectivity index (χ0v) is 48.8. The van der Waals surface area contributed by atoms with E-state index in [9.17, 15) is 0 Å². The second kappa shape index (κ2) is 18.0. The molecule has 2 aromatic heterocycles. The van der Waals surface area contributed by atoms with Gasteiger partial charge in [-0.05, 0) is 196 Å². The van der Waals surface area contributed by atoms with Gasteiger partial charge in [0, 0.05) is 49.2 Å². The van der Waals surface area contributed by atoms with Crippen molar-refractivity contribution >= 4 is 55.8 Å². The van der Waals surface area contributed by atoms with Gasteiger partial charge in [-0.1, -0.05) is 224 Å². The molecule has 404 valence electrons. The molecule has 85 heavy (non-hydrogen) atoms. The lowest BCUT2D eigenvalue weighted by molar-refractivity contribution is 0.660. The number of fused-ring (bicyclic) bond motifs is 15. The van der Waals surface area contributed by atoms with Crippen molar-refractivity contribution in [3.8, 4) is 78.1 Å². The Kier molecular flexibility index (Phi) is 10.5. The summed E-state index contributed by atoms with van der Waals surface area (Å²) in [6.07, 6.45) is 4.47. The number of aromatic nitrogens is 2. The third-order valence-electron chi connectivity index (χ3n) is 19.9. The van der Waals surface area contributed by atoms with Gasteiger partial charge in [-0.25, -0.2) is 0 Å². The highest BCUT2D eigenvalue weighted by molar-refractivity contribution is 6.11. The molecule has 0 N–H and O–H groups in total. The molecule has 12 aromatic carbocycles. The normalized spacial score (nSPS) is 14.7. The van der Waals surface area contributed by atoms with Crippen molar-refractivity contribution < 1.29 is 0 Å². The molecule has 0 spiro atoms. The summed E-state index contributed by atoms with van der Waals surface area (Å²) in [6.45, 7) is 14.4. The Labute approximate surface area is 497 Å². The van der Waals surface area contributed by atoms with Crippen LogP contribution >= 0.6 is 0 Å². The molecule has 2 heteroatoms. The van der Waals surface area contributed by atoms with E-state index in [4.69, 9.17) is 0 Å². The van der Waals surface area contributed by atoms with Gasteiger partial charge in [0.1, 0.15) is 0 Å². The van der Waals surface area contributed by atoms with Crippen LogP contribution in [0.4, 0.5) is 0 Å². The second-order valence-corrected chi connectivity index (χ2v) is 25.7. The van der Waals surface area contributed by atoms with Gasteiger partial charge in [0.15, 0.2) is 0 Å². The first-order valence-corrected chi connectivity index (χ1v) is 30.1. The highest BCUT2D eigenvalue weighted by atomic mass is 15.0. The molecule has 0 atom stereocenters. The van der Waals surface area contributed by atoms with E-state index in [0.29, 0.717) is 0 Å². The second-order valence-electron chi connectivity index (χ2n) is 25.7. The SMILES string of the molecule is CC1(C)c2cc(-c3ccc(C=Cc4ccc5c(c4)c4ccccc4n5-c4ccccc4)cc3)ccc2-c2ccc(-c3ccc4c(c3)C(C)(C)c3cc(-c5ccc6c(c5)c5ccccc5n6-c5ccc6c(c5)C(C)(C)c5ccccc5-6)ccc3-4)cc21. The average molecular weight is 1090 g/mol. The fourth-order valence-corrected chi connectivity index (χ4v) is 15.4. The van der Waals surface area contributed by atoms with Crippen molar-refractivity contribution in [2.75, 3.05) is 0 Å². The molecular formula is C83H62N2. The van der Waals surface area contributed by atoms with Gasteiger partial charge in [-0.15, -0.1) is 0 Å². The highest BCUT2D eigenvalue weighted by Gasteiger charge is 2.39. The van der Waals surface area contributed by atoms with E-state index in [1.165, 1.54) is 166 Å². The van der Waals surface area contributed by atoms with Crippen LogP contribution in [0.25, 0.3) is 134 Å². The maximum absolute atomic E-state index is 2.48. The van der Waals surface area contributed by atoms with Crippen LogP contribution < -0.4 is 0 Å². The molecule has 0 bridgehead atoms. The summed E-state index contributed by atoms with van der Waals surface area (Å²) in [4.78, 5) is 0. The van der Waals surface area contributed by atoms with E-state index < -0.39 is 0 Å². The largest absolute Gasteiger partial charge is 0.309 e. The predicted octanol–water partition coefficient (Wildman–Crippen LogP) is 22.0. The van der Waals surface area contributed by atoms with Gasteiger partial charge in [0.25, 0.3) is 0 Å². The third-order valence-corrected chi connectivity index (χ3v) is 19.9. The van der Waals surface area contributed by atoms with Gasteiger partial charge >= 0.3 is 0 Å². The van der Waals surface area contributed by atoms with Crippen LogP contribution in [0.3, 0.4) is 0 Å². The Balaban J connectivity index is 0.631. The minimum atomic E-state index is -0.184. The number of hydrogen-bond acceptors (Lipinski definition) is 0. The van der Waals surface area contributed by atoms with E-state index in [2.05, 4.69) is 318 Å². The van der Waals surface area contributed by atoms with Crippen molar-refractivity contribution in [3.63, 3.8) is 0 Å². The summed E-state index contributed by atoms with van der Waals surface area (Å²) in [5.41, 5.74) is 33.1. The fraction of sp³-hybridized carbons (Fsp3) is 0.108. The number of rotatable bonds is 7. The Bertz CT molecular complexity index is 5190. The lowest BCUT2D eigenvalue weighted by atomic mass is 9.79. The van der Waals surface area contributed by atoms with E-state index in [1.807, 2.05) is 0 Å². The molecule has 0 saturated carbocycles. The summed E-state index contributed by atoms with van der Waals surface area (Å²) < 4.78 is 4.84. The van der Waals surface area contributed by atoms with E-state index in [-0.39, 0.29) is 16.2 Å². The first kappa shape index (κ1) is 49.6. The lowest BCUT2D eigenvalue weighted by Crippen LogP contribution is -2.15. The van der Waals surface area contributed by atoms with E-state index in [1.54, 1.807) is 0 Å². The molecule has 17 rings (SSSR count). The van der Waals surface area contributed by atoms with Gasteiger partial charge in [0.05, 0.1) is 22.1 Å². The van der Waals surface area contributed by atoms with Crippen molar-refractivity contribution in [2.45, 2.75) is 57.8 Å². The van der Waals surface area contributed by atoms with Gasteiger partial charge in [-0.3, -0.25) is 0 Å². The molecule has 3 aliphatic carbocycles. The topological polar surface area (TPSA) is 9.86 Å². The van der Waals surface area contributed by atoms with Crippen LogP contribution in [0, 0.1) is 0 Å². The Morgan fingerprint density at radius 1 is 0.235 bits per heavy atom. The third kappa shape index (κ3) is 7.31. The van der Waals surface area contributed by atoms with Crippen molar-refractivity contribution in [1.82, 2.24) is 9.13 Å². The lowest BCUT2D eigenvalue weighted by Gasteiger charge is -2.24. The van der Waals surface area contributed by atoms with Crippen molar-refractivity contribution in [3.05, 3.63) is 299 Å². The zero-order chi connectivity index (χ0) is 57.1. The van der Waals surface area contributed by atoms with E-state index >= 15 is 0 Å². The molecular weight excluding hydrogens is 1020 g/mol. The molecule has 2 heterocycles. The van der Waals surface area contributed by atoms with Gasteiger partial charge in [-0.2, -0.15) is 0 Å². The maximum Gasteiger partial charge on any atom is 0.0541 e. The first-order valence-electron chi connectivity index (χ1n) is 30.1. The van der Waals surface area contributed by atoms with Crippen LogP contribution in [0.2, 0.25) is 0 Å². The smallest absolute Gasteiger partial charge is 0.0541 e. The molecule has 0 unspecified atom stereocenters. The van der Waals surface area contributed by atoms with Crippen LogP contribution in [-0.4, -0.2) is 9.13 Å². The van der Waals surface area contributed by atoms with Crippen molar-refractivity contribution in [1.29, 1.82) is 0 Å². The number of nitrogens with zero attached hydrogens (tertiary/aromatic N) is 2. The molecule has 0 saturated heterocycles. The number of para-hydroxylation sites is 3. The standard InChI is InChI=1S/C83H62N2/c1-81(2)71-21-13-10-18-61(71)66-41-36-60(50-76(66)81)85-78-23-15-12-20-68(78)70-45-54(35-43-80(70)85)56-32-38-63-65-40-34-58(49-75(65)83(5,6)73(63)47-56)57-33-39-64-62-37-31-55(46-72(62)82(3,4)74(64)48-57)53-29-26-51(27-30-53)24-25-52-28-42-79-69(44-52)67-19-11-14-22-77(67)84(79)59-16-8-7-9-17-59/h7-50H,1-6H3. The summed E-state index contributed by atoms with van der Waals surface area (Å²) in [6, 6.07) is 96.0. The minimum Gasteiger partial charge on any atom is -0.309 e. The van der Waals surface area contributed by atoms with Gasteiger partial charge < -0.3 is 9.13 Å². The average Bonchev–Trinajstić information content (AvgIpc) is 1.79. The molecule has 2 nitrogen and oxygen atoms in total. The van der Waals surface area contributed by atoms with Crippen LogP contribution in [0.5, 0.6) is 0 Å². The summed E-state index contributed by atoms with van der Waals surface area (Å²) in [5, 5.41) is 5.07. The van der Waals surface area contributed by atoms with Crippen LogP contribution in [0.15, 0.2) is 255 Å². The summed E-state index contributed by atoms with van der Waals surface area (Å²) in [7, 11) is 0. The summed E-state index contributed by atoms with van der Waals surface area (Å²) >= 11 is 0. The molecule has 3 aliphatic rings. The van der Waals surface area contributed by atoms with E-state index in [0.717, 1.165) is 0 Å². The molecule has 0 radical (unpaired) electrons. The number of benzene rings is 12. The fourth-order valence-electron chi connectivity index (χ4n) is 15.4. The molecule has 0 fully saturated rings. The quantitative estimate of drug-likeness (QED) is 0.141. The molecule has 0 amide bonds. The molecule has 0 aliphatic heterocycles. The van der Waals surface area contributed by atoms with Gasteiger partial charge in [0.2, 0.25) is 0 Å². The minimum absolute atomic E-state index is 0.0708. The monoisotopic (exact) mass is 1090 g/mol. The maximum atomic E-state index is 2.48. The number of hydrogen-bond donors (Lipinski definition) is 0. The van der Waals surface area contributed by atoms with Crippen molar-refractivity contribution in [2.24, 2.45) is 0 Å². The zero-order valence-electron chi connectivity index (χ0n) is 48.8. The van der Waals surface area contributed by atoms with Crippen LogP contribution in [0.1, 0.15) is 86.1 Å². The Morgan fingerprint density at radius 3 is 1.18 bits per heavy atom. The Hall–Kier alpha value is -10.0. The molecule has 14 aromatic rings. The Morgan fingerprint density at radius 2 is 0.600 bits per heavy atom. The highest BCUT2D eigenvalue weighted by Crippen LogP contribution is 2.54. The first-order chi connectivity index (χ1) is 41.4. The predicted molar refractivity (Wildman–Crippen MR) is 359 cm³/mol.